The number of hydrogen-bond donors (Lipinski definition) is 4. The SMILES string of the molecule is CC(C)(C)NC(=O)c1cccc(NC(=O)Cc2c(O)cccc2O)c1. The van der Waals surface area contributed by atoms with Gasteiger partial charge < -0.3 is 20.8 Å². The van der Waals surface area contributed by atoms with E-state index < -0.39 is 5.91 Å². The Balaban J connectivity index is 2.09. The number of carbonyl (C=O) groups is 2. The fourth-order valence-electron chi connectivity index (χ4n) is 2.26. The molecular formula is C19H22N2O4. The van der Waals surface area contributed by atoms with Gasteiger partial charge in [-0.1, -0.05) is 12.1 Å². The Kier molecular flexibility index (Phi) is 5.32. The number of anilines is 1. The Bertz CT molecular complexity index is 774. The quantitative estimate of drug-likeness (QED) is 0.686. The minimum Gasteiger partial charge on any atom is -0.508 e. The van der Waals surface area contributed by atoms with Crippen molar-refractivity contribution in [2.75, 3.05) is 5.32 Å². The molecule has 0 aliphatic rings. The number of phenols is 2. The summed E-state index contributed by atoms with van der Waals surface area (Å²) in [7, 11) is 0. The van der Waals surface area contributed by atoms with Gasteiger partial charge in [0.1, 0.15) is 11.5 Å². The van der Waals surface area contributed by atoms with Gasteiger partial charge in [0.2, 0.25) is 5.91 Å². The fourth-order valence-corrected chi connectivity index (χ4v) is 2.26. The summed E-state index contributed by atoms with van der Waals surface area (Å²) in [6.07, 6.45) is -0.184. The predicted molar refractivity (Wildman–Crippen MR) is 95.8 cm³/mol. The fraction of sp³-hybridized carbons (Fsp3) is 0.263. The number of aromatic hydroxyl groups is 2. The van der Waals surface area contributed by atoms with Crippen molar-refractivity contribution in [1.82, 2.24) is 5.32 Å². The van der Waals surface area contributed by atoms with Gasteiger partial charge in [-0.3, -0.25) is 9.59 Å². The van der Waals surface area contributed by atoms with Gasteiger partial charge in [-0.15, -0.1) is 0 Å². The zero-order valence-electron chi connectivity index (χ0n) is 14.5. The maximum absolute atomic E-state index is 12.2. The first-order valence-corrected chi connectivity index (χ1v) is 7.88. The molecule has 0 spiro atoms. The van der Waals surface area contributed by atoms with Crippen LogP contribution in [-0.4, -0.2) is 27.6 Å². The molecule has 0 unspecified atom stereocenters. The largest absolute Gasteiger partial charge is 0.508 e. The van der Waals surface area contributed by atoms with E-state index in [9.17, 15) is 19.8 Å². The monoisotopic (exact) mass is 342 g/mol. The van der Waals surface area contributed by atoms with Gasteiger partial charge in [-0.05, 0) is 51.1 Å². The standard InChI is InChI=1S/C19H22N2O4/c1-19(2,3)21-18(25)12-6-4-7-13(10-12)20-17(24)11-14-15(22)8-5-9-16(14)23/h4-10,22-23H,11H2,1-3H3,(H,20,24)(H,21,25). The van der Waals surface area contributed by atoms with Gasteiger partial charge in [0.25, 0.3) is 5.91 Å². The van der Waals surface area contributed by atoms with Gasteiger partial charge in [-0.25, -0.2) is 0 Å². The first-order chi connectivity index (χ1) is 11.7. The molecular weight excluding hydrogens is 320 g/mol. The third kappa shape index (κ3) is 5.24. The zero-order valence-corrected chi connectivity index (χ0v) is 14.5. The second kappa shape index (κ2) is 7.25. The minimum absolute atomic E-state index is 0.145. The number of hydrogen-bond acceptors (Lipinski definition) is 4. The molecule has 0 radical (unpaired) electrons. The lowest BCUT2D eigenvalue weighted by atomic mass is 10.1. The molecule has 132 valence electrons. The van der Waals surface area contributed by atoms with E-state index in [1.54, 1.807) is 24.3 Å². The molecule has 0 aromatic heterocycles. The van der Waals surface area contributed by atoms with E-state index in [2.05, 4.69) is 10.6 Å². The molecule has 25 heavy (non-hydrogen) atoms. The van der Waals surface area contributed by atoms with E-state index >= 15 is 0 Å². The predicted octanol–water partition coefficient (Wildman–Crippen LogP) is 2.81. The van der Waals surface area contributed by atoms with Crippen LogP contribution in [0.25, 0.3) is 0 Å². The van der Waals surface area contributed by atoms with Crippen molar-refractivity contribution in [3.8, 4) is 11.5 Å². The summed E-state index contributed by atoms with van der Waals surface area (Å²) < 4.78 is 0. The Hall–Kier alpha value is -3.02. The van der Waals surface area contributed by atoms with Crippen LogP contribution in [0.2, 0.25) is 0 Å². The molecule has 0 aliphatic carbocycles. The van der Waals surface area contributed by atoms with Crippen LogP contribution in [0.5, 0.6) is 11.5 Å². The lowest BCUT2D eigenvalue weighted by Crippen LogP contribution is -2.40. The van der Waals surface area contributed by atoms with Crippen LogP contribution in [0.3, 0.4) is 0 Å². The van der Waals surface area contributed by atoms with Crippen LogP contribution in [-0.2, 0) is 11.2 Å². The smallest absolute Gasteiger partial charge is 0.251 e. The highest BCUT2D eigenvalue weighted by molar-refractivity contribution is 5.98. The minimum atomic E-state index is -0.412. The van der Waals surface area contributed by atoms with Crippen molar-refractivity contribution < 1.29 is 19.8 Å². The van der Waals surface area contributed by atoms with Crippen LogP contribution in [0.15, 0.2) is 42.5 Å². The Morgan fingerprint density at radius 1 is 1.00 bits per heavy atom. The van der Waals surface area contributed by atoms with Crippen LogP contribution >= 0.6 is 0 Å². The van der Waals surface area contributed by atoms with Gasteiger partial charge in [0.05, 0.1) is 6.42 Å². The van der Waals surface area contributed by atoms with Gasteiger partial charge in [0, 0.05) is 22.4 Å². The molecule has 0 atom stereocenters. The molecule has 0 saturated heterocycles. The first-order valence-electron chi connectivity index (χ1n) is 7.88. The van der Waals surface area contributed by atoms with Crippen molar-refractivity contribution >= 4 is 17.5 Å². The maximum Gasteiger partial charge on any atom is 0.251 e. The third-order valence-corrected chi connectivity index (χ3v) is 3.36. The number of nitrogens with one attached hydrogen (secondary N) is 2. The van der Waals surface area contributed by atoms with Crippen LogP contribution < -0.4 is 10.6 Å². The lowest BCUT2D eigenvalue weighted by Gasteiger charge is -2.20. The Morgan fingerprint density at radius 3 is 2.20 bits per heavy atom. The highest BCUT2D eigenvalue weighted by Gasteiger charge is 2.16. The van der Waals surface area contributed by atoms with E-state index in [1.165, 1.54) is 18.2 Å². The van der Waals surface area contributed by atoms with Crippen molar-refractivity contribution in [2.45, 2.75) is 32.7 Å². The Labute approximate surface area is 146 Å². The van der Waals surface area contributed by atoms with E-state index in [4.69, 9.17) is 0 Å². The summed E-state index contributed by atoms with van der Waals surface area (Å²) in [5.74, 6) is -0.936. The molecule has 6 nitrogen and oxygen atoms in total. The number of carbonyl (C=O) groups excluding carboxylic acids is 2. The molecule has 2 aromatic rings. The molecule has 6 heteroatoms. The van der Waals surface area contributed by atoms with E-state index in [-0.39, 0.29) is 34.9 Å². The first kappa shape index (κ1) is 18.3. The van der Waals surface area contributed by atoms with E-state index in [0.717, 1.165) is 0 Å². The molecule has 4 N–H and O–H groups in total. The molecule has 0 fully saturated rings. The summed E-state index contributed by atoms with van der Waals surface area (Å²) in [4.78, 5) is 24.4. The molecule has 0 bridgehead atoms. The number of benzene rings is 2. The molecule has 0 heterocycles. The molecule has 2 amide bonds. The normalized spacial score (nSPS) is 11.0. The third-order valence-electron chi connectivity index (χ3n) is 3.36. The van der Waals surface area contributed by atoms with Crippen molar-refractivity contribution in [2.24, 2.45) is 0 Å². The molecule has 2 aromatic carbocycles. The number of rotatable bonds is 4. The summed E-state index contributed by atoms with van der Waals surface area (Å²) in [6, 6.07) is 10.9. The van der Waals surface area contributed by atoms with E-state index in [1.807, 2.05) is 20.8 Å². The summed E-state index contributed by atoms with van der Waals surface area (Å²) in [5.41, 5.74) is 0.680. The highest BCUT2D eigenvalue weighted by Crippen LogP contribution is 2.27. The summed E-state index contributed by atoms with van der Waals surface area (Å²) in [5, 5.41) is 25.0. The highest BCUT2D eigenvalue weighted by atomic mass is 16.3. The van der Waals surface area contributed by atoms with Crippen LogP contribution in [0, 0.1) is 0 Å². The van der Waals surface area contributed by atoms with Gasteiger partial charge >= 0.3 is 0 Å². The van der Waals surface area contributed by atoms with Crippen LogP contribution in [0.1, 0.15) is 36.7 Å². The van der Waals surface area contributed by atoms with Crippen molar-refractivity contribution in [3.05, 3.63) is 53.6 Å². The molecule has 0 saturated carbocycles. The molecule has 0 aliphatic heterocycles. The average Bonchev–Trinajstić information content (AvgIpc) is 2.50. The number of amides is 2. The summed E-state index contributed by atoms with van der Waals surface area (Å²) in [6.45, 7) is 5.65. The number of phenolic OH excluding ortho intramolecular Hbond substituents is 2. The van der Waals surface area contributed by atoms with Crippen molar-refractivity contribution in [3.63, 3.8) is 0 Å². The van der Waals surface area contributed by atoms with Crippen molar-refractivity contribution in [1.29, 1.82) is 0 Å². The molecule has 2 rings (SSSR count). The van der Waals surface area contributed by atoms with Gasteiger partial charge in [0.15, 0.2) is 0 Å². The lowest BCUT2D eigenvalue weighted by molar-refractivity contribution is -0.115. The maximum atomic E-state index is 12.2. The Morgan fingerprint density at radius 2 is 1.60 bits per heavy atom. The average molecular weight is 342 g/mol. The van der Waals surface area contributed by atoms with Gasteiger partial charge in [-0.2, -0.15) is 0 Å². The second-order valence-electron chi connectivity index (χ2n) is 6.78. The topological polar surface area (TPSA) is 98.7 Å². The summed E-state index contributed by atoms with van der Waals surface area (Å²) >= 11 is 0. The van der Waals surface area contributed by atoms with E-state index in [0.29, 0.717) is 11.3 Å². The second-order valence-corrected chi connectivity index (χ2v) is 6.78. The zero-order chi connectivity index (χ0) is 18.6. The van der Waals surface area contributed by atoms with Crippen LogP contribution in [0.4, 0.5) is 5.69 Å².